The van der Waals surface area contributed by atoms with Crippen molar-refractivity contribution in [3.05, 3.63) is 76.3 Å². The van der Waals surface area contributed by atoms with Crippen LogP contribution < -0.4 is 15.6 Å². The van der Waals surface area contributed by atoms with E-state index < -0.39 is 6.10 Å². The molecule has 1 unspecified atom stereocenters. The first kappa shape index (κ1) is 22.0. The number of hydrogen-bond acceptors (Lipinski definition) is 6. The number of carbonyl (C=O) groups is 1. The Balaban J connectivity index is 1.43. The summed E-state index contributed by atoms with van der Waals surface area (Å²) in [5.41, 5.74) is 2.02. The number of halogens is 1. The average Bonchev–Trinajstić information content (AvgIpc) is 3.20. The number of aliphatic hydroxyl groups is 1. The minimum absolute atomic E-state index is 0.00439. The van der Waals surface area contributed by atoms with Crippen LogP contribution in [-0.4, -0.2) is 33.3 Å². The highest BCUT2D eigenvalue weighted by molar-refractivity contribution is 7.22. The molecule has 0 bridgehead atoms. The number of nitrogens with one attached hydrogen (secondary N) is 1. The standard InChI is InChI=1S/C23H20ClN3O4S/c1-14(28)26-17-6-8-19(9-7-17)31-12-18(29)11-27-13-25-20-10-21(32-22(20)23(27)30)15-2-4-16(24)5-3-15/h2-10,13,18,29H,11-12H2,1H3,(H,26,28). The Morgan fingerprint density at radius 3 is 2.62 bits per heavy atom. The molecule has 2 N–H and O–H groups in total. The van der Waals surface area contributed by atoms with E-state index in [1.807, 2.05) is 18.2 Å². The maximum Gasteiger partial charge on any atom is 0.271 e. The molecule has 164 valence electrons. The summed E-state index contributed by atoms with van der Waals surface area (Å²) in [4.78, 5) is 29.3. The third kappa shape index (κ3) is 5.16. The lowest BCUT2D eigenvalue weighted by Gasteiger charge is -2.14. The van der Waals surface area contributed by atoms with Gasteiger partial charge in [-0.1, -0.05) is 23.7 Å². The van der Waals surface area contributed by atoms with E-state index in [1.54, 1.807) is 36.4 Å². The second-order valence-electron chi connectivity index (χ2n) is 7.20. The van der Waals surface area contributed by atoms with Crippen LogP contribution >= 0.6 is 22.9 Å². The lowest BCUT2D eigenvalue weighted by atomic mass is 10.2. The fourth-order valence-electron chi connectivity index (χ4n) is 3.14. The minimum atomic E-state index is -0.905. The van der Waals surface area contributed by atoms with E-state index in [0.29, 0.717) is 26.7 Å². The van der Waals surface area contributed by atoms with Crippen molar-refractivity contribution < 1.29 is 14.6 Å². The molecule has 0 radical (unpaired) electrons. The lowest BCUT2D eigenvalue weighted by Crippen LogP contribution is -2.30. The average molecular weight is 470 g/mol. The van der Waals surface area contributed by atoms with Crippen LogP contribution in [0.15, 0.2) is 65.7 Å². The van der Waals surface area contributed by atoms with Gasteiger partial charge in [0.05, 0.1) is 18.4 Å². The highest BCUT2D eigenvalue weighted by Crippen LogP contribution is 2.31. The van der Waals surface area contributed by atoms with Crippen molar-refractivity contribution in [2.45, 2.75) is 19.6 Å². The molecule has 9 heteroatoms. The van der Waals surface area contributed by atoms with E-state index in [2.05, 4.69) is 10.3 Å². The molecule has 7 nitrogen and oxygen atoms in total. The molecule has 0 saturated carbocycles. The minimum Gasteiger partial charge on any atom is -0.491 e. The Hall–Kier alpha value is -3.20. The Morgan fingerprint density at radius 2 is 1.94 bits per heavy atom. The van der Waals surface area contributed by atoms with Crippen molar-refractivity contribution >= 4 is 44.7 Å². The molecule has 4 aromatic rings. The summed E-state index contributed by atoms with van der Waals surface area (Å²) >= 11 is 7.31. The molecule has 1 atom stereocenters. The molecule has 0 fully saturated rings. The van der Waals surface area contributed by atoms with E-state index in [9.17, 15) is 14.7 Å². The highest BCUT2D eigenvalue weighted by atomic mass is 35.5. The molecular weight excluding hydrogens is 450 g/mol. The zero-order valence-electron chi connectivity index (χ0n) is 17.1. The number of ether oxygens (including phenoxy) is 1. The van der Waals surface area contributed by atoms with Gasteiger partial charge in [0.25, 0.3) is 5.56 Å². The fourth-order valence-corrected chi connectivity index (χ4v) is 4.33. The van der Waals surface area contributed by atoms with Gasteiger partial charge in [-0.05, 0) is 48.0 Å². The topological polar surface area (TPSA) is 93.4 Å². The molecule has 2 aromatic carbocycles. The normalized spacial score (nSPS) is 12.0. The number of nitrogens with zero attached hydrogens (tertiary/aromatic N) is 2. The van der Waals surface area contributed by atoms with Crippen LogP contribution in [-0.2, 0) is 11.3 Å². The number of amides is 1. The molecule has 0 aliphatic carbocycles. The first-order valence-electron chi connectivity index (χ1n) is 9.82. The van der Waals surface area contributed by atoms with E-state index in [1.165, 1.54) is 29.2 Å². The van der Waals surface area contributed by atoms with Crippen molar-refractivity contribution in [2.24, 2.45) is 0 Å². The first-order chi connectivity index (χ1) is 15.4. The third-order valence-electron chi connectivity index (χ3n) is 4.66. The molecular formula is C23H20ClN3O4S. The van der Waals surface area contributed by atoms with Crippen molar-refractivity contribution in [1.29, 1.82) is 0 Å². The fraction of sp³-hybridized carbons (Fsp3) is 0.174. The molecule has 0 aliphatic heterocycles. The van der Waals surface area contributed by atoms with Gasteiger partial charge in [0.15, 0.2) is 0 Å². The van der Waals surface area contributed by atoms with E-state index >= 15 is 0 Å². The van der Waals surface area contributed by atoms with E-state index in [-0.39, 0.29) is 24.6 Å². The van der Waals surface area contributed by atoms with Crippen LogP contribution in [0.1, 0.15) is 6.92 Å². The van der Waals surface area contributed by atoms with Gasteiger partial charge in [-0.15, -0.1) is 11.3 Å². The van der Waals surface area contributed by atoms with E-state index in [4.69, 9.17) is 16.3 Å². The van der Waals surface area contributed by atoms with Gasteiger partial charge >= 0.3 is 0 Å². The Labute approximate surface area is 192 Å². The Morgan fingerprint density at radius 1 is 1.22 bits per heavy atom. The monoisotopic (exact) mass is 469 g/mol. The molecule has 1 amide bonds. The Bertz CT molecular complexity index is 1300. The summed E-state index contributed by atoms with van der Waals surface area (Å²) in [5.74, 6) is 0.390. The number of thiophene rings is 1. The predicted octanol–water partition coefficient (Wildman–Crippen LogP) is 4.18. The van der Waals surface area contributed by atoms with Gasteiger partial charge in [0.1, 0.15) is 23.2 Å². The quantitative estimate of drug-likeness (QED) is 0.423. The van der Waals surface area contributed by atoms with Gasteiger partial charge in [0.2, 0.25) is 5.91 Å². The summed E-state index contributed by atoms with van der Waals surface area (Å²) in [7, 11) is 0. The predicted molar refractivity (Wildman–Crippen MR) is 127 cm³/mol. The van der Waals surface area contributed by atoms with Crippen molar-refractivity contribution in [1.82, 2.24) is 9.55 Å². The van der Waals surface area contributed by atoms with Crippen molar-refractivity contribution in [3.63, 3.8) is 0 Å². The summed E-state index contributed by atoms with van der Waals surface area (Å²) in [6.45, 7) is 1.49. The van der Waals surface area contributed by atoms with Crippen LogP contribution in [0.3, 0.4) is 0 Å². The zero-order chi connectivity index (χ0) is 22.7. The van der Waals surface area contributed by atoms with Gasteiger partial charge in [0, 0.05) is 22.5 Å². The van der Waals surface area contributed by atoms with Gasteiger partial charge < -0.3 is 15.2 Å². The number of fused-ring (bicyclic) bond motifs is 1. The number of hydrogen-bond donors (Lipinski definition) is 2. The maximum absolute atomic E-state index is 12.9. The molecule has 2 heterocycles. The second kappa shape index (κ2) is 9.52. The summed E-state index contributed by atoms with van der Waals surface area (Å²) in [6.07, 6.45) is 0.534. The van der Waals surface area contributed by atoms with Crippen LogP contribution in [0.4, 0.5) is 5.69 Å². The van der Waals surface area contributed by atoms with Crippen LogP contribution in [0.5, 0.6) is 5.75 Å². The van der Waals surface area contributed by atoms with Crippen LogP contribution in [0.2, 0.25) is 5.02 Å². The Kier molecular flexibility index (Phi) is 6.55. The molecule has 0 saturated heterocycles. The largest absolute Gasteiger partial charge is 0.491 e. The molecule has 0 spiro atoms. The highest BCUT2D eigenvalue weighted by Gasteiger charge is 2.13. The third-order valence-corrected chi connectivity index (χ3v) is 6.07. The van der Waals surface area contributed by atoms with Gasteiger partial charge in [-0.2, -0.15) is 0 Å². The number of rotatable bonds is 7. The zero-order valence-corrected chi connectivity index (χ0v) is 18.7. The smallest absolute Gasteiger partial charge is 0.271 e. The van der Waals surface area contributed by atoms with E-state index in [0.717, 1.165) is 10.4 Å². The SMILES string of the molecule is CC(=O)Nc1ccc(OCC(O)Cn2cnc3cc(-c4ccc(Cl)cc4)sc3c2=O)cc1. The lowest BCUT2D eigenvalue weighted by molar-refractivity contribution is -0.114. The number of aromatic nitrogens is 2. The van der Waals surface area contributed by atoms with Gasteiger partial charge in [-0.25, -0.2) is 4.98 Å². The number of carbonyl (C=O) groups excluding carboxylic acids is 1. The number of aliphatic hydroxyl groups excluding tert-OH is 1. The summed E-state index contributed by atoms with van der Waals surface area (Å²) in [6, 6.07) is 16.1. The van der Waals surface area contributed by atoms with Gasteiger partial charge in [-0.3, -0.25) is 14.2 Å². The molecule has 2 aromatic heterocycles. The molecule has 0 aliphatic rings. The van der Waals surface area contributed by atoms with Crippen molar-refractivity contribution in [2.75, 3.05) is 11.9 Å². The number of anilines is 1. The van der Waals surface area contributed by atoms with Crippen LogP contribution in [0, 0.1) is 0 Å². The summed E-state index contributed by atoms with van der Waals surface area (Å²) < 4.78 is 7.51. The maximum atomic E-state index is 12.9. The summed E-state index contributed by atoms with van der Waals surface area (Å²) in [5, 5.41) is 13.7. The first-order valence-corrected chi connectivity index (χ1v) is 11.0. The van der Waals surface area contributed by atoms with Crippen LogP contribution in [0.25, 0.3) is 20.7 Å². The van der Waals surface area contributed by atoms with Crippen molar-refractivity contribution in [3.8, 4) is 16.2 Å². The number of benzene rings is 2. The molecule has 4 rings (SSSR count). The second-order valence-corrected chi connectivity index (χ2v) is 8.69. The molecule has 32 heavy (non-hydrogen) atoms.